The number of methoxy groups -OCH3 is 1. The summed E-state index contributed by atoms with van der Waals surface area (Å²) >= 11 is 0. The van der Waals surface area contributed by atoms with E-state index in [0.29, 0.717) is 0 Å². The summed E-state index contributed by atoms with van der Waals surface area (Å²) in [4.78, 5) is 10.8. The average molecular weight is 292 g/mol. The molecule has 0 aromatic rings. The molecule has 0 atom stereocenters. The van der Waals surface area contributed by atoms with Crippen LogP contribution >= 0.6 is 0 Å². The van der Waals surface area contributed by atoms with Gasteiger partial charge in [0.25, 0.3) is 0 Å². The summed E-state index contributed by atoms with van der Waals surface area (Å²) in [5, 5.41) is 0. The molecule has 0 saturated carbocycles. The molecule has 0 aromatic heterocycles. The molecule has 0 radical (unpaired) electrons. The normalized spacial score (nSPS) is 11.9. The molecule has 0 saturated heterocycles. The molecule has 120 valence electrons. The van der Waals surface area contributed by atoms with Crippen molar-refractivity contribution >= 4 is 5.97 Å². The van der Waals surface area contributed by atoms with Gasteiger partial charge < -0.3 is 4.74 Å². The predicted molar refractivity (Wildman–Crippen MR) is 91.3 cm³/mol. The second-order valence-electron chi connectivity index (χ2n) is 5.27. The quantitative estimate of drug-likeness (QED) is 0.187. The van der Waals surface area contributed by atoms with Crippen LogP contribution in [0.4, 0.5) is 0 Å². The number of hydrogen-bond donors (Lipinski definition) is 0. The van der Waals surface area contributed by atoms with Gasteiger partial charge in [-0.2, -0.15) is 0 Å². The van der Waals surface area contributed by atoms with E-state index in [1.54, 1.807) is 0 Å². The number of hydrogen-bond acceptors (Lipinski definition) is 2. The van der Waals surface area contributed by atoms with E-state index in [2.05, 4.69) is 36.0 Å². The smallest absolute Gasteiger partial charge is 0.330 e. The van der Waals surface area contributed by atoms with Crippen LogP contribution in [0, 0.1) is 0 Å². The van der Waals surface area contributed by atoms with Crippen molar-refractivity contribution in [1.29, 1.82) is 0 Å². The molecule has 21 heavy (non-hydrogen) atoms. The Hall–Kier alpha value is -1.31. The van der Waals surface area contributed by atoms with Crippen LogP contribution in [0.25, 0.3) is 0 Å². The summed E-state index contributed by atoms with van der Waals surface area (Å²) < 4.78 is 4.53. The Kier molecular flexibility index (Phi) is 15.7. The highest BCUT2D eigenvalue weighted by atomic mass is 16.5. The number of unbranched alkanes of at least 4 members (excludes halogenated alkanes) is 8. The molecule has 0 aliphatic heterocycles. The number of rotatable bonds is 13. The summed E-state index contributed by atoms with van der Waals surface area (Å²) in [7, 11) is 1.40. The van der Waals surface area contributed by atoms with Crippen molar-refractivity contribution in [3.63, 3.8) is 0 Å². The first kappa shape index (κ1) is 19.7. The third-order valence-corrected chi connectivity index (χ3v) is 3.30. The summed E-state index contributed by atoms with van der Waals surface area (Å²) in [6.45, 7) is 2.24. The van der Waals surface area contributed by atoms with E-state index in [9.17, 15) is 4.79 Å². The third-order valence-electron chi connectivity index (χ3n) is 3.30. The zero-order chi connectivity index (χ0) is 15.6. The van der Waals surface area contributed by atoms with Crippen LogP contribution < -0.4 is 0 Å². The highest BCUT2D eigenvalue weighted by molar-refractivity contribution is 5.81. The first-order valence-electron chi connectivity index (χ1n) is 8.37. The fourth-order valence-corrected chi connectivity index (χ4v) is 1.99. The van der Waals surface area contributed by atoms with Crippen LogP contribution in [0.15, 0.2) is 36.5 Å². The van der Waals surface area contributed by atoms with Gasteiger partial charge in [0.05, 0.1) is 7.11 Å². The number of esters is 1. The van der Waals surface area contributed by atoms with Crippen molar-refractivity contribution in [2.24, 2.45) is 0 Å². The molecule has 2 heteroatoms. The van der Waals surface area contributed by atoms with Crippen molar-refractivity contribution in [3.05, 3.63) is 36.5 Å². The Morgan fingerprint density at radius 2 is 1.33 bits per heavy atom. The lowest BCUT2D eigenvalue weighted by Crippen LogP contribution is -1.93. The van der Waals surface area contributed by atoms with Gasteiger partial charge in [-0.25, -0.2) is 4.79 Å². The van der Waals surface area contributed by atoms with Crippen LogP contribution in [-0.2, 0) is 9.53 Å². The van der Waals surface area contributed by atoms with Crippen LogP contribution in [0.5, 0.6) is 0 Å². The van der Waals surface area contributed by atoms with Gasteiger partial charge in [0, 0.05) is 6.08 Å². The Morgan fingerprint density at radius 3 is 1.86 bits per heavy atom. The molecule has 0 bridgehead atoms. The Bertz CT molecular complexity index is 314. The number of carbonyl (C=O) groups is 1. The van der Waals surface area contributed by atoms with E-state index in [4.69, 9.17) is 0 Å². The van der Waals surface area contributed by atoms with Gasteiger partial charge in [-0.05, 0) is 38.5 Å². The molecule has 0 fully saturated rings. The van der Waals surface area contributed by atoms with Crippen LogP contribution in [-0.4, -0.2) is 13.1 Å². The molecule has 0 spiro atoms. The molecule has 2 nitrogen and oxygen atoms in total. The van der Waals surface area contributed by atoms with Gasteiger partial charge in [0.1, 0.15) is 0 Å². The molecule has 0 aliphatic rings. The van der Waals surface area contributed by atoms with E-state index in [1.807, 2.05) is 6.08 Å². The number of ether oxygens (including phenoxy) is 1. The monoisotopic (exact) mass is 292 g/mol. The van der Waals surface area contributed by atoms with Crippen LogP contribution in [0.2, 0.25) is 0 Å². The molecule has 0 aliphatic carbocycles. The summed E-state index contributed by atoms with van der Waals surface area (Å²) in [5.41, 5.74) is 0. The molecular weight excluding hydrogens is 260 g/mol. The van der Waals surface area contributed by atoms with Gasteiger partial charge in [0.15, 0.2) is 0 Å². The lowest BCUT2D eigenvalue weighted by Gasteiger charge is -1.95. The average Bonchev–Trinajstić information content (AvgIpc) is 2.50. The second-order valence-corrected chi connectivity index (χ2v) is 5.27. The van der Waals surface area contributed by atoms with Crippen molar-refractivity contribution in [2.75, 3.05) is 7.11 Å². The maximum absolute atomic E-state index is 10.8. The van der Waals surface area contributed by atoms with E-state index in [0.717, 1.165) is 19.3 Å². The zero-order valence-electron chi connectivity index (χ0n) is 13.9. The fourth-order valence-electron chi connectivity index (χ4n) is 1.99. The van der Waals surface area contributed by atoms with Gasteiger partial charge in [0.2, 0.25) is 0 Å². The molecular formula is C19H32O2. The maximum Gasteiger partial charge on any atom is 0.330 e. The number of allylic oxidation sites excluding steroid dienone is 5. The van der Waals surface area contributed by atoms with Crippen LogP contribution in [0.1, 0.15) is 71.1 Å². The third kappa shape index (κ3) is 16.6. The molecule has 0 rings (SSSR count). The molecule has 0 amide bonds. The highest BCUT2D eigenvalue weighted by Crippen LogP contribution is 2.05. The largest absolute Gasteiger partial charge is 0.466 e. The van der Waals surface area contributed by atoms with Crippen molar-refractivity contribution in [1.82, 2.24) is 0 Å². The summed E-state index contributed by atoms with van der Waals surface area (Å²) in [6, 6.07) is 0. The van der Waals surface area contributed by atoms with E-state index >= 15 is 0 Å². The fraction of sp³-hybridized carbons (Fsp3) is 0.632. The van der Waals surface area contributed by atoms with E-state index in [-0.39, 0.29) is 5.97 Å². The first-order valence-corrected chi connectivity index (χ1v) is 8.37. The molecule has 0 N–H and O–H groups in total. The second kappa shape index (κ2) is 16.7. The minimum absolute atomic E-state index is 0.264. The standard InChI is InChI=1S/C19H32O2/c1-3-4-5-6-7-8-9-10-11-12-13-14-15-16-17-18-19(20)21-2/h8-11,17-18H,3-7,12-16H2,1-2H3/b9-8+,11-10-,18-17+. The zero-order valence-corrected chi connectivity index (χ0v) is 13.9. The van der Waals surface area contributed by atoms with Crippen molar-refractivity contribution < 1.29 is 9.53 Å². The van der Waals surface area contributed by atoms with E-state index < -0.39 is 0 Å². The Labute approximate surface area is 131 Å². The Balaban J connectivity index is 3.30. The number of carbonyl (C=O) groups excluding carboxylic acids is 1. The van der Waals surface area contributed by atoms with Crippen molar-refractivity contribution in [3.8, 4) is 0 Å². The maximum atomic E-state index is 10.8. The minimum atomic E-state index is -0.264. The molecule has 0 heterocycles. The van der Waals surface area contributed by atoms with Crippen molar-refractivity contribution in [2.45, 2.75) is 71.1 Å². The predicted octanol–water partition coefficient (Wildman–Crippen LogP) is 5.75. The lowest BCUT2D eigenvalue weighted by molar-refractivity contribution is -0.134. The van der Waals surface area contributed by atoms with E-state index in [1.165, 1.54) is 58.1 Å². The highest BCUT2D eigenvalue weighted by Gasteiger charge is 1.90. The first-order chi connectivity index (χ1) is 10.3. The molecule has 0 aromatic carbocycles. The van der Waals surface area contributed by atoms with Crippen LogP contribution in [0.3, 0.4) is 0 Å². The minimum Gasteiger partial charge on any atom is -0.466 e. The Morgan fingerprint density at radius 1 is 0.810 bits per heavy atom. The van der Waals surface area contributed by atoms with Gasteiger partial charge in [-0.15, -0.1) is 0 Å². The SMILES string of the molecule is CCCCCC/C=C/C=C\CCCCC/C=C/C(=O)OC. The topological polar surface area (TPSA) is 26.3 Å². The lowest BCUT2D eigenvalue weighted by atomic mass is 10.1. The molecule has 0 unspecified atom stereocenters. The van der Waals surface area contributed by atoms with Gasteiger partial charge in [-0.3, -0.25) is 0 Å². The van der Waals surface area contributed by atoms with Gasteiger partial charge >= 0.3 is 5.97 Å². The van der Waals surface area contributed by atoms with Gasteiger partial charge in [-0.1, -0.05) is 63.0 Å². The summed E-state index contributed by atoms with van der Waals surface area (Å²) in [6.07, 6.45) is 24.4. The summed E-state index contributed by atoms with van der Waals surface area (Å²) in [5.74, 6) is -0.264.